The molecule has 3 rings (SSSR count). The monoisotopic (exact) mass is 377 g/mol. The van der Waals surface area contributed by atoms with Crippen LogP contribution < -0.4 is 0 Å². The lowest BCUT2D eigenvalue weighted by Crippen LogP contribution is -2.39. The number of hydrogen-bond donors (Lipinski definition) is 0. The number of carbonyl (C=O) groups is 1. The zero-order chi connectivity index (χ0) is 18.4. The molecule has 1 saturated heterocycles. The largest absolute Gasteiger partial charge is 0.343 e. The first-order valence-electron chi connectivity index (χ1n) is 10.1. The van der Waals surface area contributed by atoms with Crippen LogP contribution in [0.2, 0.25) is 0 Å². The van der Waals surface area contributed by atoms with Crippen LogP contribution in [-0.2, 0) is 21.1 Å². The Morgan fingerprint density at radius 3 is 2.31 bits per heavy atom. The maximum atomic E-state index is 12.4. The van der Waals surface area contributed by atoms with Gasteiger partial charge in [0.2, 0.25) is 5.91 Å². The van der Waals surface area contributed by atoms with Crippen molar-refractivity contribution >= 4 is 15.7 Å². The van der Waals surface area contributed by atoms with Crippen LogP contribution in [0.4, 0.5) is 0 Å². The van der Waals surface area contributed by atoms with Gasteiger partial charge in [-0.25, -0.2) is 8.42 Å². The van der Waals surface area contributed by atoms with Gasteiger partial charge in [-0.3, -0.25) is 4.79 Å². The quantitative estimate of drug-likeness (QED) is 0.729. The van der Waals surface area contributed by atoms with E-state index in [-0.39, 0.29) is 23.3 Å². The number of rotatable bonds is 7. The van der Waals surface area contributed by atoms with E-state index in [1.54, 1.807) is 0 Å². The minimum atomic E-state index is -3.09. The lowest BCUT2D eigenvalue weighted by molar-refractivity contribution is -0.132. The van der Waals surface area contributed by atoms with Crippen molar-refractivity contribution in [1.29, 1.82) is 0 Å². The molecule has 144 valence electrons. The van der Waals surface area contributed by atoms with E-state index < -0.39 is 9.84 Å². The number of benzene rings is 1. The molecule has 0 N–H and O–H groups in total. The predicted molar refractivity (Wildman–Crippen MR) is 105 cm³/mol. The molecule has 1 aliphatic carbocycles. The second kappa shape index (κ2) is 9.03. The summed E-state index contributed by atoms with van der Waals surface area (Å²) in [7, 11) is -3.09. The summed E-state index contributed by atoms with van der Waals surface area (Å²) in [5.74, 6) is 0.722. The third-order valence-corrected chi connectivity index (χ3v) is 8.32. The molecule has 0 bridgehead atoms. The molecule has 1 aromatic rings. The molecular weight excluding hydrogens is 346 g/mol. The number of piperidine rings is 1. The Labute approximate surface area is 157 Å². The fourth-order valence-electron chi connectivity index (χ4n) is 4.29. The van der Waals surface area contributed by atoms with Gasteiger partial charge in [-0.15, -0.1) is 0 Å². The molecule has 26 heavy (non-hydrogen) atoms. The van der Waals surface area contributed by atoms with Gasteiger partial charge in [0.25, 0.3) is 0 Å². The molecule has 0 radical (unpaired) electrons. The average molecular weight is 378 g/mol. The molecule has 1 saturated carbocycles. The van der Waals surface area contributed by atoms with Crippen molar-refractivity contribution in [3.05, 3.63) is 35.9 Å². The lowest BCUT2D eigenvalue weighted by atomic mass is 9.90. The zero-order valence-corrected chi connectivity index (χ0v) is 16.4. The molecule has 0 unspecified atom stereocenters. The Kier molecular flexibility index (Phi) is 6.74. The molecule has 1 aromatic carbocycles. The number of aryl methyl sites for hydroxylation is 1. The Morgan fingerprint density at radius 2 is 1.65 bits per heavy atom. The van der Waals surface area contributed by atoms with Gasteiger partial charge in [-0.2, -0.15) is 0 Å². The topological polar surface area (TPSA) is 54.5 Å². The molecule has 1 heterocycles. The molecule has 1 amide bonds. The van der Waals surface area contributed by atoms with E-state index in [4.69, 9.17) is 0 Å². The Hall–Kier alpha value is -1.36. The number of sulfone groups is 1. The van der Waals surface area contributed by atoms with Crippen LogP contribution in [0.25, 0.3) is 0 Å². The number of hydrogen-bond acceptors (Lipinski definition) is 3. The minimum absolute atomic E-state index is 0.0214. The van der Waals surface area contributed by atoms with Crippen LogP contribution in [0, 0.1) is 5.92 Å². The van der Waals surface area contributed by atoms with Crippen molar-refractivity contribution in [2.24, 2.45) is 5.92 Å². The Balaban J connectivity index is 1.38. The van der Waals surface area contributed by atoms with Gasteiger partial charge < -0.3 is 4.90 Å². The van der Waals surface area contributed by atoms with E-state index in [1.165, 1.54) is 12.0 Å². The number of likely N-dealkylation sites (tertiary alicyclic amines) is 1. The van der Waals surface area contributed by atoms with Crippen molar-refractivity contribution < 1.29 is 13.2 Å². The summed E-state index contributed by atoms with van der Waals surface area (Å²) in [6, 6.07) is 10.5. The minimum Gasteiger partial charge on any atom is -0.343 e. The summed E-state index contributed by atoms with van der Waals surface area (Å²) in [5.41, 5.74) is 1.38. The maximum absolute atomic E-state index is 12.4. The highest BCUT2D eigenvalue weighted by Gasteiger charge is 2.30. The predicted octanol–water partition coefficient (Wildman–Crippen LogP) is 3.61. The number of nitrogens with zero attached hydrogens (tertiary/aromatic N) is 1. The number of amides is 1. The SMILES string of the molecule is O=C(CCS(=O)(=O)C1CCCC1)N1CCC(CCc2ccccc2)CC1. The second-order valence-electron chi connectivity index (χ2n) is 7.87. The van der Waals surface area contributed by atoms with Crippen molar-refractivity contribution in [1.82, 2.24) is 4.90 Å². The normalized spacial score (nSPS) is 19.8. The lowest BCUT2D eigenvalue weighted by Gasteiger charge is -2.32. The first-order valence-corrected chi connectivity index (χ1v) is 11.8. The van der Waals surface area contributed by atoms with E-state index in [9.17, 15) is 13.2 Å². The Morgan fingerprint density at radius 1 is 1.00 bits per heavy atom. The van der Waals surface area contributed by atoms with Crippen LogP contribution in [0.1, 0.15) is 56.9 Å². The average Bonchev–Trinajstić information content (AvgIpc) is 3.22. The summed E-state index contributed by atoms with van der Waals surface area (Å²) in [6.07, 6.45) is 8.08. The molecule has 2 aliphatic rings. The summed E-state index contributed by atoms with van der Waals surface area (Å²) in [6.45, 7) is 1.56. The van der Waals surface area contributed by atoms with Crippen LogP contribution >= 0.6 is 0 Å². The van der Waals surface area contributed by atoms with Crippen molar-refractivity contribution in [2.45, 2.75) is 63.0 Å². The first kappa shape index (κ1) is 19.4. The van der Waals surface area contributed by atoms with Gasteiger partial charge in [-0.1, -0.05) is 43.2 Å². The van der Waals surface area contributed by atoms with Crippen LogP contribution in [0.3, 0.4) is 0 Å². The fraction of sp³-hybridized carbons (Fsp3) is 0.667. The molecule has 1 aliphatic heterocycles. The number of carbonyl (C=O) groups excluding carboxylic acids is 1. The van der Waals surface area contributed by atoms with Gasteiger partial charge in [0.15, 0.2) is 9.84 Å². The third-order valence-electron chi connectivity index (χ3n) is 6.06. The van der Waals surface area contributed by atoms with Crippen molar-refractivity contribution in [3.63, 3.8) is 0 Å². The molecule has 0 spiro atoms. The molecule has 0 atom stereocenters. The molecular formula is C21H31NO3S. The van der Waals surface area contributed by atoms with Crippen LogP contribution in [0.5, 0.6) is 0 Å². The highest BCUT2D eigenvalue weighted by molar-refractivity contribution is 7.92. The van der Waals surface area contributed by atoms with E-state index in [0.29, 0.717) is 5.92 Å². The third kappa shape index (κ3) is 5.32. The molecule has 2 fully saturated rings. The zero-order valence-electron chi connectivity index (χ0n) is 15.6. The van der Waals surface area contributed by atoms with Gasteiger partial charge >= 0.3 is 0 Å². The van der Waals surface area contributed by atoms with Gasteiger partial charge in [0.05, 0.1) is 11.0 Å². The summed E-state index contributed by atoms with van der Waals surface area (Å²) < 4.78 is 24.6. The van der Waals surface area contributed by atoms with Gasteiger partial charge in [0.1, 0.15) is 0 Å². The Bertz CT molecular complexity index is 672. The van der Waals surface area contributed by atoms with E-state index in [1.807, 2.05) is 11.0 Å². The van der Waals surface area contributed by atoms with Gasteiger partial charge in [-0.05, 0) is 50.0 Å². The van der Waals surface area contributed by atoms with E-state index in [2.05, 4.69) is 24.3 Å². The highest BCUT2D eigenvalue weighted by atomic mass is 32.2. The molecule has 5 heteroatoms. The summed E-state index contributed by atoms with van der Waals surface area (Å²) >= 11 is 0. The molecule has 4 nitrogen and oxygen atoms in total. The second-order valence-corrected chi connectivity index (χ2v) is 10.3. The highest BCUT2D eigenvalue weighted by Crippen LogP contribution is 2.26. The summed E-state index contributed by atoms with van der Waals surface area (Å²) in [4.78, 5) is 14.3. The van der Waals surface area contributed by atoms with Crippen LogP contribution in [0.15, 0.2) is 30.3 Å². The molecule has 0 aromatic heterocycles. The maximum Gasteiger partial charge on any atom is 0.223 e. The van der Waals surface area contributed by atoms with E-state index in [0.717, 1.165) is 58.0 Å². The smallest absolute Gasteiger partial charge is 0.223 e. The first-order chi connectivity index (χ1) is 12.5. The van der Waals surface area contributed by atoms with Crippen LogP contribution in [-0.4, -0.2) is 43.3 Å². The van der Waals surface area contributed by atoms with Crippen molar-refractivity contribution in [2.75, 3.05) is 18.8 Å². The summed E-state index contributed by atoms with van der Waals surface area (Å²) in [5, 5.41) is -0.195. The van der Waals surface area contributed by atoms with Gasteiger partial charge in [0, 0.05) is 19.5 Å². The van der Waals surface area contributed by atoms with Crippen molar-refractivity contribution in [3.8, 4) is 0 Å². The standard InChI is InChI=1S/C21H31NO3S/c23-21(14-17-26(24,25)20-8-4-5-9-20)22-15-12-19(13-16-22)11-10-18-6-2-1-3-7-18/h1-3,6-7,19-20H,4-5,8-17H2. The van der Waals surface area contributed by atoms with E-state index >= 15 is 0 Å². The fourth-order valence-corrected chi connectivity index (χ4v) is 6.13.